The summed E-state index contributed by atoms with van der Waals surface area (Å²) in [7, 11) is 0. The zero-order chi connectivity index (χ0) is 15.1. The van der Waals surface area contributed by atoms with Gasteiger partial charge in [-0.25, -0.2) is 9.59 Å². The van der Waals surface area contributed by atoms with Crippen LogP contribution in [0, 0.1) is 0 Å². The monoisotopic (exact) mass is 278 g/mol. The van der Waals surface area contributed by atoms with Crippen LogP contribution >= 0.6 is 0 Å². The molecule has 0 aromatic heterocycles. The van der Waals surface area contributed by atoms with Crippen LogP contribution in [0.25, 0.3) is 0 Å². The third kappa shape index (κ3) is 3.31. The number of hydrazone groups is 2. The second-order valence-corrected chi connectivity index (χ2v) is 3.42. The summed E-state index contributed by atoms with van der Waals surface area (Å²) in [6.07, 6.45) is -0.0826. The van der Waals surface area contributed by atoms with Gasteiger partial charge in [-0.15, -0.1) is 0 Å². The molecule has 2 amide bonds. The van der Waals surface area contributed by atoms with Crippen molar-refractivity contribution in [2.24, 2.45) is 10.2 Å². The molecule has 0 saturated heterocycles. The highest BCUT2D eigenvalue weighted by atomic mass is 16.4. The molecule has 0 saturated carbocycles. The van der Waals surface area contributed by atoms with E-state index >= 15 is 0 Å². The summed E-state index contributed by atoms with van der Waals surface area (Å²) in [6, 6.07) is 6.04. The molecule has 2 N–H and O–H groups in total. The van der Waals surface area contributed by atoms with Crippen molar-refractivity contribution in [3.05, 3.63) is 24.3 Å². The molecule has 0 atom stereocenters. The summed E-state index contributed by atoms with van der Waals surface area (Å²) in [6.45, 7) is 3.11. The molecule has 0 spiro atoms. The van der Waals surface area contributed by atoms with Gasteiger partial charge in [0.25, 0.3) is 0 Å². The van der Waals surface area contributed by atoms with Gasteiger partial charge in [-0.05, 0) is 26.0 Å². The van der Waals surface area contributed by atoms with Crippen LogP contribution in [0.3, 0.4) is 0 Å². The Hall–Kier alpha value is -2.90. The van der Waals surface area contributed by atoms with Gasteiger partial charge in [0.15, 0.2) is 0 Å². The van der Waals surface area contributed by atoms with E-state index in [9.17, 15) is 9.59 Å². The lowest BCUT2D eigenvalue weighted by Crippen LogP contribution is -2.29. The molecule has 8 heteroatoms. The number of carboxylic acid groups (broad SMARTS) is 2. The van der Waals surface area contributed by atoms with E-state index in [-0.39, 0.29) is 11.4 Å². The van der Waals surface area contributed by atoms with Gasteiger partial charge in [0, 0.05) is 12.4 Å². The predicted octanol–water partition coefficient (Wildman–Crippen LogP) is 2.67. The van der Waals surface area contributed by atoms with Crippen LogP contribution in [0.2, 0.25) is 0 Å². The van der Waals surface area contributed by atoms with Crippen LogP contribution in [-0.4, -0.2) is 34.8 Å². The topological polar surface area (TPSA) is 106 Å². The lowest BCUT2D eigenvalue weighted by atomic mass is 10.2. The fourth-order valence-electron chi connectivity index (χ4n) is 1.48. The predicted molar refractivity (Wildman–Crippen MR) is 75.8 cm³/mol. The molecule has 8 nitrogen and oxygen atoms in total. The van der Waals surface area contributed by atoms with Gasteiger partial charge in [-0.2, -0.15) is 20.2 Å². The average molecular weight is 278 g/mol. The van der Waals surface area contributed by atoms with Gasteiger partial charge in [-0.3, -0.25) is 0 Å². The van der Waals surface area contributed by atoms with Crippen LogP contribution in [0.15, 0.2) is 34.5 Å². The van der Waals surface area contributed by atoms with Crippen LogP contribution in [0.4, 0.5) is 21.0 Å². The summed E-state index contributed by atoms with van der Waals surface area (Å²) in [5.74, 6) is 0. The molecular weight excluding hydrogens is 264 g/mol. The molecule has 0 heterocycles. The number of hydrogen-bond donors (Lipinski definition) is 2. The van der Waals surface area contributed by atoms with Crippen molar-refractivity contribution < 1.29 is 19.8 Å². The third-order valence-electron chi connectivity index (χ3n) is 2.16. The summed E-state index contributed by atoms with van der Waals surface area (Å²) in [5, 5.41) is 27.0. The molecule has 0 aliphatic rings. The molecule has 0 fully saturated rings. The number of hydrogen-bond acceptors (Lipinski definition) is 4. The number of para-hydroxylation sites is 2. The zero-order valence-corrected chi connectivity index (χ0v) is 11.0. The maximum absolute atomic E-state index is 11.2. The lowest BCUT2D eigenvalue weighted by Gasteiger charge is -2.20. The molecule has 1 aromatic carbocycles. The van der Waals surface area contributed by atoms with Crippen molar-refractivity contribution in [2.75, 3.05) is 10.0 Å². The maximum atomic E-state index is 11.2. The molecule has 0 aliphatic heterocycles. The second-order valence-electron chi connectivity index (χ2n) is 3.42. The Labute approximate surface area is 115 Å². The molecule has 1 aromatic rings. The minimum absolute atomic E-state index is 0.0890. The fraction of sp³-hybridized carbons (Fsp3) is 0.167. The number of nitrogens with zero attached hydrogens (tertiary/aromatic N) is 4. The van der Waals surface area contributed by atoms with E-state index < -0.39 is 12.2 Å². The molecule has 0 unspecified atom stereocenters. The van der Waals surface area contributed by atoms with E-state index in [1.165, 1.54) is 24.6 Å². The number of rotatable bonds is 4. The minimum Gasteiger partial charge on any atom is -0.463 e. The van der Waals surface area contributed by atoms with Crippen LogP contribution in [0.5, 0.6) is 0 Å². The Balaban J connectivity index is 3.41. The first-order valence-electron chi connectivity index (χ1n) is 5.65. The number of amides is 2. The van der Waals surface area contributed by atoms with E-state index in [0.29, 0.717) is 10.0 Å². The summed E-state index contributed by atoms with van der Waals surface area (Å²) >= 11 is 0. The largest absolute Gasteiger partial charge is 0.463 e. The average Bonchev–Trinajstić information content (AvgIpc) is 2.41. The minimum atomic E-state index is -1.33. The number of anilines is 2. The normalized spacial score (nSPS) is 10.9. The van der Waals surface area contributed by atoms with Crippen molar-refractivity contribution >= 4 is 36.0 Å². The first-order chi connectivity index (χ1) is 9.52. The molecular formula is C12H14N4O4. The first kappa shape index (κ1) is 15.2. The molecule has 0 aliphatic carbocycles. The highest BCUT2D eigenvalue weighted by Crippen LogP contribution is 2.30. The third-order valence-corrected chi connectivity index (χ3v) is 2.16. The quantitative estimate of drug-likeness (QED) is 0.652. The van der Waals surface area contributed by atoms with Crippen LogP contribution in [0.1, 0.15) is 13.8 Å². The highest BCUT2D eigenvalue weighted by Gasteiger charge is 2.23. The van der Waals surface area contributed by atoms with Crippen molar-refractivity contribution in [3.63, 3.8) is 0 Å². The Morgan fingerprint density at radius 2 is 1.30 bits per heavy atom. The van der Waals surface area contributed by atoms with Crippen LogP contribution in [-0.2, 0) is 0 Å². The summed E-state index contributed by atoms with van der Waals surface area (Å²) in [5.41, 5.74) is 0.178. The molecule has 1 rings (SSSR count). The molecule has 0 radical (unpaired) electrons. The number of benzene rings is 1. The van der Waals surface area contributed by atoms with Crippen molar-refractivity contribution in [1.82, 2.24) is 0 Å². The lowest BCUT2D eigenvalue weighted by molar-refractivity contribution is 0.200. The number of carbonyl (C=O) groups is 2. The van der Waals surface area contributed by atoms with Gasteiger partial charge in [0.1, 0.15) is 0 Å². The maximum Gasteiger partial charge on any atom is 0.432 e. The molecule has 106 valence electrons. The van der Waals surface area contributed by atoms with Crippen molar-refractivity contribution in [1.29, 1.82) is 0 Å². The Bertz CT molecular complexity index is 507. The van der Waals surface area contributed by atoms with Gasteiger partial charge in [0.05, 0.1) is 11.4 Å². The Morgan fingerprint density at radius 3 is 1.55 bits per heavy atom. The van der Waals surface area contributed by atoms with E-state index in [1.807, 2.05) is 0 Å². The molecule has 0 bridgehead atoms. The smallest absolute Gasteiger partial charge is 0.432 e. The van der Waals surface area contributed by atoms with Gasteiger partial charge in [0.2, 0.25) is 0 Å². The van der Waals surface area contributed by atoms with Gasteiger partial charge >= 0.3 is 12.2 Å². The highest BCUT2D eigenvalue weighted by molar-refractivity contribution is 5.97. The summed E-state index contributed by atoms with van der Waals surface area (Å²) < 4.78 is 0. The standard InChI is InChI=1S/C12H14N4O4/c1-3-13-15(11(17)18)9-7-5-6-8-10(9)16(12(19)20)14-4-2/h3-8H,1-2H3,(H,17,18)(H,19,20). The van der Waals surface area contributed by atoms with E-state index in [4.69, 9.17) is 10.2 Å². The zero-order valence-electron chi connectivity index (χ0n) is 11.0. The van der Waals surface area contributed by atoms with E-state index in [0.717, 1.165) is 0 Å². The SMILES string of the molecule is CC=NN(C(=O)O)c1ccccc1N(N=CC)C(=O)O. The van der Waals surface area contributed by atoms with Gasteiger partial charge in [-0.1, -0.05) is 12.1 Å². The van der Waals surface area contributed by atoms with Gasteiger partial charge < -0.3 is 10.2 Å². The van der Waals surface area contributed by atoms with Crippen molar-refractivity contribution in [2.45, 2.75) is 13.8 Å². The van der Waals surface area contributed by atoms with Crippen molar-refractivity contribution in [3.8, 4) is 0 Å². The molecule has 20 heavy (non-hydrogen) atoms. The van der Waals surface area contributed by atoms with Crippen LogP contribution < -0.4 is 10.0 Å². The van der Waals surface area contributed by atoms with E-state index in [1.54, 1.807) is 26.0 Å². The Morgan fingerprint density at radius 1 is 0.950 bits per heavy atom. The first-order valence-corrected chi connectivity index (χ1v) is 5.65. The fourth-order valence-corrected chi connectivity index (χ4v) is 1.48. The second kappa shape index (κ2) is 6.88. The summed E-state index contributed by atoms with van der Waals surface area (Å²) in [4.78, 5) is 22.4. The van der Waals surface area contributed by atoms with E-state index in [2.05, 4.69) is 10.2 Å². The Kier molecular flexibility index (Phi) is 5.21.